The summed E-state index contributed by atoms with van der Waals surface area (Å²) in [7, 11) is 0. The number of benzene rings is 2. The Kier molecular flexibility index (Phi) is 7.71. The van der Waals surface area contributed by atoms with E-state index in [0.29, 0.717) is 47.0 Å². The van der Waals surface area contributed by atoms with Crippen molar-refractivity contribution in [2.75, 3.05) is 16.8 Å². The molecule has 1 fully saturated rings. The molecule has 0 saturated heterocycles. The van der Waals surface area contributed by atoms with Gasteiger partial charge in [-0.2, -0.15) is 5.10 Å². The van der Waals surface area contributed by atoms with Crippen LogP contribution in [0.3, 0.4) is 0 Å². The zero-order valence-corrected chi connectivity index (χ0v) is 30.0. The molecule has 50 heavy (non-hydrogen) atoms. The standard InChI is InChI=1S/C40H42N6O3S/c1-23-13-15-30-24(2)18-40(30,17-23)22-46-25(3)28(19-41-46)26-14-16-34(43-35(26)37(48)49)45-20-29-27(9-8-10-31(29)39(4,5)21-45)36(47)44-38-42-32-11-6-7-12-33(32)50-38/h6-12,14-16,19,23-24H,13,17-18,20-22H2,1-5H3,(H,48,49)(H,42,44,47). The van der Waals surface area contributed by atoms with Gasteiger partial charge in [0.2, 0.25) is 0 Å². The van der Waals surface area contributed by atoms with Crippen molar-refractivity contribution in [2.24, 2.45) is 17.3 Å². The van der Waals surface area contributed by atoms with Crippen molar-refractivity contribution >= 4 is 44.4 Å². The molecule has 3 atom stereocenters. The zero-order chi connectivity index (χ0) is 34.9. The number of carboxylic acids is 1. The van der Waals surface area contributed by atoms with E-state index in [0.717, 1.165) is 58.4 Å². The molecule has 2 aliphatic carbocycles. The lowest BCUT2D eigenvalue weighted by Gasteiger charge is -2.53. The molecule has 10 heteroatoms. The van der Waals surface area contributed by atoms with Crippen LogP contribution in [-0.4, -0.2) is 43.3 Å². The van der Waals surface area contributed by atoms with E-state index in [-0.39, 0.29) is 22.4 Å². The number of nitrogens with one attached hydrogen (secondary N) is 1. The van der Waals surface area contributed by atoms with E-state index in [4.69, 9.17) is 10.1 Å². The monoisotopic (exact) mass is 686 g/mol. The maximum absolute atomic E-state index is 13.7. The molecule has 3 unspecified atom stereocenters. The molecular formula is C40H42N6O3S. The summed E-state index contributed by atoms with van der Waals surface area (Å²) in [6.45, 7) is 12.8. The highest BCUT2D eigenvalue weighted by molar-refractivity contribution is 7.22. The highest BCUT2D eigenvalue weighted by Gasteiger charge is 2.49. The van der Waals surface area contributed by atoms with Gasteiger partial charge in [-0.25, -0.2) is 14.8 Å². The summed E-state index contributed by atoms with van der Waals surface area (Å²) in [6, 6.07) is 17.4. The maximum atomic E-state index is 13.7. The number of amides is 1. The summed E-state index contributed by atoms with van der Waals surface area (Å²) in [5.74, 6) is 0.516. The van der Waals surface area contributed by atoms with Crippen LogP contribution in [0, 0.1) is 24.2 Å². The van der Waals surface area contributed by atoms with Crippen molar-refractivity contribution in [1.29, 1.82) is 0 Å². The average molecular weight is 687 g/mol. The molecule has 1 amide bonds. The Balaban J connectivity index is 1.09. The Labute approximate surface area is 296 Å². The summed E-state index contributed by atoms with van der Waals surface area (Å²) in [4.78, 5) is 38.0. The van der Waals surface area contributed by atoms with Gasteiger partial charge in [0.25, 0.3) is 5.91 Å². The van der Waals surface area contributed by atoms with E-state index < -0.39 is 5.97 Å². The molecule has 2 aromatic carbocycles. The van der Waals surface area contributed by atoms with E-state index in [1.54, 1.807) is 11.8 Å². The van der Waals surface area contributed by atoms with Crippen LogP contribution < -0.4 is 10.2 Å². The first kappa shape index (κ1) is 32.4. The minimum absolute atomic E-state index is 0.00193. The first-order chi connectivity index (χ1) is 23.9. The number of rotatable bonds is 7. The minimum Gasteiger partial charge on any atom is -0.476 e. The molecular weight excluding hydrogens is 645 g/mol. The molecule has 256 valence electrons. The summed E-state index contributed by atoms with van der Waals surface area (Å²) >= 11 is 1.44. The van der Waals surface area contributed by atoms with Gasteiger partial charge in [0.15, 0.2) is 10.8 Å². The van der Waals surface area contributed by atoms with Crippen molar-refractivity contribution in [2.45, 2.75) is 72.4 Å². The smallest absolute Gasteiger partial charge is 0.355 e. The van der Waals surface area contributed by atoms with E-state index in [1.807, 2.05) is 55.5 Å². The van der Waals surface area contributed by atoms with Gasteiger partial charge in [0.05, 0.1) is 23.0 Å². The highest BCUT2D eigenvalue weighted by atomic mass is 32.1. The Morgan fingerprint density at radius 3 is 2.62 bits per heavy atom. The number of carboxylic acid groups (broad SMARTS) is 1. The van der Waals surface area contributed by atoms with Crippen molar-refractivity contribution in [3.63, 3.8) is 0 Å². The number of nitrogens with zero attached hydrogens (tertiary/aromatic N) is 5. The van der Waals surface area contributed by atoms with Gasteiger partial charge >= 0.3 is 5.97 Å². The fraction of sp³-hybridized carbons (Fsp3) is 0.375. The van der Waals surface area contributed by atoms with Crippen LogP contribution >= 0.6 is 11.3 Å². The number of allylic oxidation sites excluding steroid dienone is 2. The second-order valence-electron chi connectivity index (χ2n) is 15.3. The SMILES string of the molecule is Cc1c(-c2ccc(N3Cc4c(C(=O)Nc5nc6ccccc6s5)cccc4C(C)(C)C3)nc2C(=O)O)cnn1CC12CC(C)CC=C1C(C)C2. The number of fused-ring (bicyclic) bond motifs is 3. The number of hydrogen-bond donors (Lipinski definition) is 2. The quantitative estimate of drug-likeness (QED) is 0.165. The third-order valence-corrected chi connectivity index (χ3v) is 12.1. The zero-order valence-electron chi connectivity index (χ0n) is 29.2. The van der Waals surface area contributed by atoms with Crippen LogP contribution in [0.2, 0.25) is 0 Å². The van der Waals surface area contributed by atoms with E-state index in [1.165, 1.54) is 11.3 Å². The van der Waals surface area contributed by atoms with Crippen LogP contribution in [0.1, 0.15) is 84.6 Å². The van der Waals surface area contributed by atoms with E-state index >= 15 is 0 Å². The lowest BCUT2D eigenvalue weighted by molar-refractivity contribution is 0.0691. The Morgan fingerprint density at radius 1 is 1.02 bits per heavy atom. The number of para-hydroxylation sites is 1. The molecule has 1 saturated carbocycles. The van der Waals surface area contributed by atoms with Crippen LogP contribution in [0.25, 0.3) is 21.3 Å². The van der Waals surface area contributed by atoms with E-state index in [9.17, 15) is 14.7 Å². The van der Waals surface area contributed by atoms with Crippen LogP contribution in [0.15, 0.2) is 72.4 Å². The third-order valence-electron chi connectivity index (χ3n) is 11.2. The largest absolute Gasteiger partial charge is 0.476 e. The molecule has 9 nitrogen and oxygen atoms in total. The van der Waals surface area contributed by atoms with Crippen LogP contribution in [0.5, 0.6) is 0 Å². The lowest BCUT2D eigenvalue weighted by Crippen LogP contribution is -2.46. The molecule has 0 spiro atoms. The lowest BCUT2D eigenvalue weighted by atomic mass is 9.52. The molecule has 3 aromatic heterocycles. The topological polar surface area (TPSA) is 113 Å². The number of pyridine rings is 1. The van der Waals surface area contributed by atoms with Gasteiger partial charge in [-0.1, -0.05) is 74.9 Å². The van der Waals surface area contributed by atoms with Crippen molar-refractivity contribution in [3.05, 3.63) is 101 Å². The molecule has 1 aliphatic heterocycles. The number of carbonyl (C=O) groups excluding carboxylic acids is 1. The fourth-order valence-corrected chi connectivity index (χ4v) is 9.81. The van der Waals surface area contributed by atoms with E-state index in [2.05, 4.69) is 59.7 Å². The van der Waals surface area contributed by atoms with Crippen molar-refractivity contribution in [3.8, 4) is 11.1 Å². The first-order valence-corrected chi connectivity index (χ1v) is 18.3. The molecule has 0 radical (unpaired) electrons. The van der Waals surface area contributed by atoms with Gasteiger partial charge < -0.3 is 10.0 Å². The first-order valence-electron chi connectivity index (χ1n) is 17.4. The van der Waals surface area contributed by atoms with Gasteiger partial charge in [0.1, 0.15) is 5.82 Å². The number of thiazole rings is 1. The molecule has 0 bridgehead atoms. The second-order valence-corrected chi connectivity index (χ2v) is 16.3. The second kappa shape index (κ2) is 11.9. The maximum Gasteiger partial charge on any atom is 0.355 e. The number of hydrogen-bond acceptors (Lipinski definition) is 7. The van der Waals surface area contributed by atoms with Gasteiger partial charge in [-0.05, 0) is 79.5 Å². The number of anilines is 2. The van der Waals surface area contributed by atoms with Gasteiger partial charge in [-0.3, -0.25) is 14.8 Å². The summed E-state index contributed by atoms with van der Waals surface area (Å²) in [6.07, 6.45) is 7.71. The van der Waals surface area contributed by atoms with Crippen molar-refractivity contribution < 1.29 is 14.7 Å². The number of aromatic carboxylic acids is 1. The predicted molar refractivity (Wildman–Crippen MR) is 198 cm³/mol. The minimum atomic E-state index is -1.08. The summed E-state index contributed by atoms with van der Waals surface area (Å²) in [5.41, 5.74) is 7.08. The normalized spacial score (nSPS) is 22.3. The van der Waals surface area contributed by atoms with Gasteiger partial charge in [-0.15, -0.1) is 0 Å². The third kappa shape index (κ3) is 5.41. The molecule has 5 aromatic rings. The van der Waals surface area contributed by atoms with Crippen LogP contribution in [-0.2, 0) is 18.5 Å². The van der Waals surface area contributed by atoms with Crippen LogP contribution in [0.4, 0.5) is 10.9 Å². The molecule has 4 heterocycles. The van der Waals surface area contributed by atoms with Crippen molar-refractivity contribution in [1.82, 2.24) is 19.7 Å². The highest BCUT2D eigenvalue weighted by Crippen LogP contribution is 2.58. The average Bonchev–Trinajstić information content (AvgIpc) is 3.65. The predicted octanol–water partition coefficient (Wildman–Crippen LogP) is 8.49. The molecule has 3 aliphatic rings. The number of aromatic nitrogens is 4. The molecule has 2 N–H and O–H groups in total. The molecule has 8 rings (SSSR count). The number of carbonyl (C=O) groups is 2. The Bertz CT molecular complexity index is 2180. The fourth-order valence-electron chi connectivity index (χ4n) is 8.95. The Morgan fingerprint density at radius 2 is 1.84 bits per heavy atom. The van der Waals surface area contributed by atoms with Gasteiger partial charge in [0, 0.05) is 46.3 Å². The summed E-state index contributed by atoms with van der Waals surface area (Å²) < 4.78 is 3.08. The Hall–Kier alpha value is -4.83. The summed E-state index contributed by atoms with van der Waals surface area (Å²) in [5, 5.41) is 18.8.